The molecule has 0 atom stereocenters. The molecule has 0 bridgehead atoms. The summed E-state index contributed by atoms with van der Waals surface area (Å²) in [6.45, 7) is 1.04. The fourth-order valence-corrected chi connectivity index (χ4v) is 3.37. The van der Waals surface area contributed by atoms with Crippen molar-refractivity contribution in [3.63, 3.8) is 0 Å². The number of fused-ring (bicyclic) bond motifs is 2. The molecule has 0 aromatic heterocycles. The lowest BCUT2D eigenvalue weighted by Crippen LogP contribution is -2.26. The molecule has 0 saturated heterocycles. The number of amides is 1. The van der Waals surface area contributed by atoms with Gasteiger partial charge in [0.15, 0.2) is 11.5 Å². The quantitative estimate of drug-likeness (QED) is 0.727. The highest BCUT2D eigenvalue weighted by molar-refractivity contribution is 6.01. The Hall–Kier alpha value is -3.01. The summed E-state index contributed by atoms with van der Waals surface area (Å²) in [6, 6.07) is 17.5. The minimum absolute atomic E-state index is 0.223. The number of phenolic OH excluding ortho intramolecular Hbond substituents is 2. The average molecular weight is 319 g/mol. The molecular weight excluding hydrogens is 302 g/mol. The number of rotatable bonds is 3. The van der Waals surface area contributed by atoms with Gasteiger partial charge < -0.3 is 15.1 Å². The maximum absolute atomic E-state index is 12.5. The first-order valence-electron chi connectivity index (χ1n) is 7.95. The van der Waals surface area contributed by atoms with Crippen LogP contribution in [0.3, 0.4) is 0 Å². The van der Waals surface area contributed by atoms with Crippen LogP contribution in [-0.2, 0) is 13.0 Å². The van der Waals surface area contributed by atoms with Crippen molar-refractivity contribution in [3.8, 4) is 11.5 Å². The second-order valence-corrected chi connectivity index (χ2v) is 6.08. The summed E-state index contributed by atoms with van der Waals surface area (Å²) in [4.78, 5) is 14.2. The molecule has 0 radical (unpaired) electrons. The molecule has 0 saturated carbocycles. The molecule has 1 amide bonds. The number of carbonyl (C=O) groups excluding carboxylic acids is 1. The smallest absolute Gasteiger partial charge is 0.258 e. The van der Waals surface area contributed by atoms with Crippen molar-refractivity contribution in [2.24, 2.45) is 0 Å². The highest BCUT2D eigenvalue weighted by Crippen LogP contribution is 2.36. The number of phenols is 2. The van der Waals surface area contributed by atoms with Gasteiger partial charge in [0.25, 0.3) is 5.91 Å². The van der Waals surface area contributed by atoms with Crippen molar-refractivity contribution in [2.45, 2.75) is 13.0 Å². The third-order valence-electron chi connectivity index (χ3n) is 4.64. The van der Waals surface area contributed by atoms with E-state index in [1.165, 1.54) is 22.4 Å². The van der Waals surface area contributed by atoms with Crippen molar-refractivity contribution in [3.05, 3.63) is 71.3 Å². The molecule has 1 aliphatic rings. The molecule has 0 spiro atoms. The van der Waals surface area contributed by atoms with Crippen LogP contribution in [0.4, 0.5) is 0 Å². The minimum Gasteiger partial charge on any atom is -0.504 e. The van der Waals surface area contributed by atoms with Gasteiger partial charge in [-0.05, 0) is 34.4 Å². The molecule has 4 nitrogen and oxygen atoms in total. The summed E-state index contributed by atoms with van der Waals surface area (Å²) < 4.78 is 0. The van der Waals surface area contributed by atoms with Gasteiger partial charge in [-0.3, -0.25) is 4.79 Å². The molecule has 0 unspecified atom stereocenters. The van der Waals surface area contributed by atoms with Crippen LogP contribution >= 0.6 is 0 Å². The average Bonchev–Trinajstić information content (AvgIpc) is 2.93. The summed E-state index contributed by atoms with van der Waals surface area (Å²) in [5.74, 6) is -0.790. The van der Waals surface area contributed by atoms with Crippen molar-refractivity contribution in [2.75, 3.05) is 6.54 Å². The van der Waals surface area contributed by atoms with E-state index in [1.807, 2.05) is 18.2 Å². The number of nitrogens with zero attached hydrogens (tertiary/aromatic N) is 1. The first-order chi connectivity index (χ1) is 11.6. The van der Waals surface area contributed by atoms with E-state index >= 15 is 0 Å². The summed E-state index contributed by atoms with van der Waals surface area (Å²) in [5.41, 5.74) is 2.19. The van der Waals surface area contributed by atoms with Gasteiger partial charge in [0.1, 0.15) is 0 Å². The van der Waals surface area contributed by atoms with Crippen molar-refractivity contribution in [1.82, 2.24) is 4.90 Å². The maximum Gasteiger partial charge on any atom is 0.258 e. The van der Waals surface area contributed by atoms with Crippen molar-refractivity contribution >= 4 is 16.7 Å². The molecule has 3 aromatic rings. The summed E-state index contributed by atoms with van der Waals surface area (Å²) in [5, 5.41) is 21.9. The Labute approximate surface area is 139 Å². The largest absolute Gasteiger partial charge is 0.504 e. The lowest BCUT2D eigenvalue weighted by molar-refractivity contribution is 0.0778. The Morgan fingerprint density at radius 3 is 2.62 bits per heavy atom. The van der Waals surface area contributed by atoms with E-state index in [4.69, 9.17) is 0 Å². The van der Waals surface area contributed by atoms with Crippen molar-refractivity contribution < 1.29 is 15.0 Å². The maximum atomic E-state index is 12.5. The van der Waals surface area contributed by atoms with E-state index in [2.05, 4.69) is 24.3 Å². The second-order valence-electron chi connectivity index (χ2n) is 6.08. The lowest BCUT2D eigenvalue weighted by Gasteiger charge is -2.16. The van der Waals surface area contributed by atoms with Crippen LogP contribution in [0.5, 0.6) is 11.5 Å². The van der Waals surface area contributed by atoms with Gasteiger partial charge >= 0.3 is 0 Å². The molecule has 2 N–H and O–H groups in total. The second kappa shape index (κ2) is 5.57. The van der Waals surface area contributed by atoms with Crippen LogP contribution in [0.2, 0.25) is 0 Å². The molecule has 3 aromatic carbocycles. The zero-order valence-electron chi connectivity index (χ0n) is 13.1. The van der Waals surface area contributed by atoms with Gasteiger partial charge in [-0.25, -0.2) is 0 Å². The fourth-order valence-electron chi connectivity index (χ4n) is 3.37. The number of hydrogen-bond donors (Lipinski definition) is 2. The van der Waals surface area contributed by atoms with E-state index in [1.54, 1.807) is 11.0 Å². The normalized spacial score (nSPS) is 13.5. The molecule has 120 valence electrons. The molecular formula is C20H17NO3. The lowest BCUT2D eigenvalue weighted by atomic mass is 10.0. The summed E-state index contributed by atoms with van der Waals surface area (Å²) >= 11 is 0. The van der Waals surface area contributed by atoms with E-state index in [0.29, 0.717) is 13.1 Å². The molecule has 1 aliphatic heterocycles. The highest BCUT2D eigenvalue weighted by Gasteiger charge is 2.31. The van der Waals surface area contributed by atoms with Gasteiger partial charge in [0, 0.05) is 13.1 Å². The Bertz CT molecular complexity index is 944. The Balaban J connectivity index is 1.57. The van der Waals surface area contributed by atoms with E-state index in [9.17, 15) is 15.0 Å². The monoisotopic (exact) mass is 319 g/mol. The Kier molecular flexibility index (Phi) is 3.38. The molecule has 24 heavy (non-hydrogen) atoms. The predicted octanol–water partition coefficient (Wildman–Crippen LogP) is 3.45. The zero-order chi connectivity index (χ0) is 16.7. The molecule has 4 rings (SSSR count). The Morgan fingerprint density at radius 2 is 1.75 bits per heavy atom. The molecule has 4 heteroatoms. The Morgan fingerprint density at radius 1 is 0.958 bits per heavy atom. The van der Waals surface area contributed by atoms with Gasteiger partial charge in [0.05, 0.1) is 5.56 Å². The topological polar surface area (TPSA) is 60.8 Å². The number of hydrogen-bond acceptors (Lipinski definition) is 3. The van der Waals surface area contributed by atoms with E-state index in [-0.39, 0.29) is 23.0 Å². The number of aromatic hydroxyl groups is 2. The third-order valence-corrected chi connectivity index (χ3v) is 4.64. The van der Waals surface area contributed by atoms with Gasteiger partial charge in [-0.1, -0.05) is 48.5 Å². The van der Waals surface area contributed by atoms with Gasteiger partial charge in [0.2, 0.25) is 0 Å². The minimum atomic E-state index is -0.315. The first-order valence-corrected chi connectivity index (χ1v) is 7.95. The first kappa shape index (κ1) is 14.6. The predicted molar refractivity (Wildman–Crippen MR) is 92.2 cm³/mol. The SMILES string of the molecule is O=C1c2c(ccc(O)c2O)CN1CCc1cccc2ccccc12. The van der Waals surface area contributed by atoms with E-state index < -0.39 is 0 Å². The molecule has 1 heterocycles. The van der Waals surface area contributed by atoms with Crippen LogP contribution in [0.15, 0.2) is 54.6 Å². The van der Waals surface area contributed by atoms with Gasteiger partial charge in [-0.15, -0.1) is 0 Å². The van der Waals surface area contributed by atoms with Gasteiger partial charge in [-0.2, -0.15) is 0 Å². The van der Waals surface area contributed by atoms with Crippen LogP contribution in [-0.4, -0.2) is 27.6 Å². The van der Waals surface area contributed by atoms with Crippen LogP contribution in [0.1, 0.15) is 21.5 Å². The standard InChI is InChI=1S/C20H17NO3/c22-17-9-8-15-12-21(20(24)18(15)19(17)23)11-10-14-6-3-5-13-4-1-2-7-16(13)14/h1-9,22-23H,10-12H2. The number of benzene rings is 3. The van der Waals surface area contributed by atoms with Crippen LogP contribution in [0.25, 0.3) is 10.8 Å². The van der Waals surface area contributed by atoms with Crippen LogP contribution in [0, 0.1) is 0 Å². The third kappa shape index (κ3) is 2.27. The van der Waals surface area contributed by atoms with Crippen molar-refractivity contribution in [1.29, 1.82) is 0 Å². The summed E-state index contributed by atoms with van der Waals surface area (Å²) in [6.07, 6.45) is 0.744. The van der Waals surface area contributed by atoms with E-state index in [0.717, 1.165) is 12.0 Å². The fraction of sp³-hybridized carbons (Fsp3) is 0.150. The number of carbonyl (C=O) groups is 1. The molecule has 0 aliphatic carbocycles. The summed E-state index contributed by atoms with van der Waals surface area (Å²) in [7, 11) is 0. The van der Waals surface area contributed by atoms with Crippen LogP contribution < -0.4 is 0 Å². The zero-order valence-corrected chi connectivity index (χ0v) is 13.1. The highest BCUT2D eigenvalue weighted by atomic mass is 16.3. The molecule has 0 fully saturated rings.